The van der Waals surface area contributed by atoms with Crippen LogP contribution in [0.5, 0.6) is 5.75 Å². The van der Waals surface area contributed by atoms with Crippen molar-refractivity contribution in [3.8, 4) is 5.75 Å². The van der Waals surface area contributed by atoms with Crippen LogP contribution in [-0.4, -0.2) is 22.0 Å². The number of aliphatic hydroxyl groups is 1. The van der Waals surface area contributed by atoms with Crippen LogP contribution in [0.3, 0.4) is 0 Å². The predicted octanol–water partition coefficient (Wildman–Crippen LogP) is 1.84. The van der Waals surface area contributed by atoms with E-state index < -0.39 is 11.9 Å². The number of benzene rings is 1. The topological polar surface area (TPSA) is 47.3 Å². The molecule has 0 aliphatic rings. The molecule has 1 unspecified atom stereocenters. The van der Waals surface area contributed by atoms with Gasteiger partial charge in [0.25, 0.3) is 0 Å². The minimum Gasteiger partial charge on any atom is -0.494 e. The molecule has 0 saturated heterocycles. The van der Waals surface area contributed by atoms with Crippen molar-refractivity contribution in [2.45, 2.75) is 12.5 Å². The Kier molecular flexibility index (Phi) is 3.62. The van der Waals surface area contributed by atoms with E-state index in [1.54, 1.807) is 10.7 Å². The Hall–Kier alpha value is -1.88. The summed E-state index contributed by atoms with van der Waals surface area (Å²) < 4.78 is 19.8. The number of ether oxygens (including phenoxy) is 1. The van der Waals surface area contributed by atoms with Crippen LogP contribution in [0.4, 0.5) is 4.39 Å². The van der Waals surface area contributed by atoms with Gasteiger partial charge in [-0.15, -0.1) is 0 Å². The highest BCUT2D eigenvalue weighted by molar-refractivity contribution is 5.32. The van der Waals surface area contributed by atoms with Crippen LogP contribution < -0.4 is 4.74 Å². The molecule has 1 aromatic heterocycles. The predicted molar refractivity (Wildman–Crippen MR) is 64.8 cm³/mol. The molecule has 1 aromatic carbocycles. The van der Waals surface area contributed by atoms with E-state index in [4.69, 9.17) is 4.74 Å². The molecule has 1 N–H and O–H groups in total. The average Bonchev–Trinajstić information content (AvgIpc) is 2.75. The van der Waals surface area contributed by atoms with Gasteiger partial charge in [0.2, 0.25) is 0 Å². The Morgan fingerprint density at radius 1 is 1.44 bits per heavy atom. The third-order valence-corrected chi connectivity index (χ3v) is 2.73. The number of nitrogens with zero attached hydrogens (tertiary/aromatic N) is 2. The van der Waals surface area contributed by atoms with Crippen molar-refractivity contribution < 1.29 is 14.2 Å². The van der Waals surface area contributed by atoms with E-state index in [0.29, 0.717) is 12.0 Å². The molecule has 18 heavy (non-hydrogen) atoms. The van der Waals surface area contributed by atoms with E-state index in [-0.39, 0.29) is 5.75 Å². The molecule has 0 aliphatic carbocycles. The Balaban J connectivity index is 2.15. The summed E-state index contributed by atoms with van der Waals surface area (Å²) in [6.45, 7) is 0. The third-order valence-electron chi connectivity index (χ3n) is 2.73. The van der Waals surface area contributed by atoms with Gasteiger partial charge in [-0.25, -0.2) is 4.39 Å². The molecule has 5 heteroatoms. The van der Waals surface area contributed by atoms with Gasteiger partial charge in [0.1, 0.15) is 0 Å². The van der Waals surface area contributed by atoms with Gasteiger partial charge < -0.3 is 9.84 Å². The minimum atomic E-state index is -0.727. The highest BCUT2D eigenvalue weighted by atomic mass is 19.1. The lowest BCUT2D eigenvalue weighted by molar-refractivity contribution is 0.176. The summed E-state index contributed by atoms with van der Waals surface area (Å²) in [4.78, 5) is 0. The SMILES string of the molecule is COc1cc(C(O)Cc2ccn(C)n2)ccc1F. The largest absolute Gasteiger partial charge is 0.494 e. The van der Waals surface area contributed by atoms with Crippen molar-refractivity contribution in [3.63, 3.8) is 0 Å². The summed E-state index contributed by atoms with van der Waals surface area (Å²) in [5, 5.41) is 14.3. The smallest absolute Gasteiger partial charge is 0.165 e. The van der Waals surface area contributed by atoms with E-state index >= 15 is 0 Å². The maximum Gasteiger partial charge on any atom is 0.165 e. The van der Waals surface area contributed by atoms with Crippen LogP contribution in [0.15, 0.2) is 30.5 Å². The molecule has 0 spiro atoms. The van der Waals surface area contributed by atoms with Crippen molar-refractivity contribution in [1.82, 2.24) is 9.78 Å². The summed E-state index contributed by atoms with van der Waals surface area (Å²) in [5.74, 6) is -0.307. The first-order valence-electron chi connectivity index (χ1n) is 5.60. The molecular formula is C13H15FN2O2. The molecule has 0 amide bonds. The Morgan fingerprint density at radius 3 is 2.83 bits per heavy atom. The van der Waals surface area contributed by atoms with E-state index in [1.165, 1.54) is 19.2 Å². The molecule has 96 valence electrons. The summed E-state index contributed by atoms with van der Waals surface area (Å²) in [6.07, 6.45) is 1.47. The second-order valence-electron chi connectivity index (χ2n) is 4.09. The lowest BCUT2D eigenvalue weighted by Crippen LogP contribution is -2.04. The van der Waals surface area contributed by atoms with Crippen molar-refractivity contribution in [3.05, 3.63) is 47.5 Å². The first-order chi connectivity index (χ1) is 8.60. The van der Waals surface area contributed by atoms with E-state index in [9.17, 15) is 9.50 Å². The van der Waals surface area contributed by atoms with Crippen LogP contribution >= 0.6 is 0 Å². The molecule has 0 aliphatic heterocycles. The first-order valence-corrected chi connectivity index (χ1v) is 5.60. The first kappa shape index (κ1) is 12.6. The second kappa shape index (κ2) is 5.18. The zero-order valence-corrected chi connectivity index (χ0v) is 10.3. The van der Waals surface area contributed by atoms with Crippen LogP contribution in [-0.2, 0) is 13.5 Å². The fourth-order valence-electron chi connectivity index (χ4n) is 1.77. The monoisotopic (exact) mass is 250 g/mol. The molecule has 1 heterocycles. The van der Waals surface area contributed by atoms with Gasteiger partial charge in [0.05, 0.1) is 18.9 Å². The molecule has 0 bridgehead atoms. The Bertz CT molecular complexity index is 540. The highest BCUT2D eigenvalue weighted by Crippen LogP contribution is 2.24. The minimum absolute atomic E-state index is 0.132. The molecule has 1 atom stereocenters. The van der Waals surface area contributed by atoms with Crippen LogP contribution in [0.25, 0.3) is 0 Å². The zero-order chi connectivity index (χ0) is 13.1. The van der Waals surface area contributed by atoms with Crippen molar-refractivity contribution >= 4 is 0 Å². The molecule has 0 radical (unpaired) electrons. The highest BCUT2D eigenvalue weighted by Gasteiger charge is 2.13. The quantitative estimate of drug-likeness (QED) is 0.900. The van der Waals surface area contributed by atoms with Crippen LogP contribution in [0.1, 0.15) is 17.4 Å². The molecule has 2 rings (SSSR count). The summed E-state index contributed by atoms with van der Waals surface area (Å²) in [7, 11) is 3.21. The standard InChI is InChI=1S/C13H15FN2O2/c1-16-6-5-10(15-16)8-12(17)9-3-4-11(14)13(7-9)18-2/h3-7,12,17H,8H2,1-2H3. The number of hydrogen-bond acceptors (Lipinski definition) is 3. The molecule has 2 aromatic rings. The Labute approximate surface area is 105 Å². The van der Waals surface area contributed by atoms with Crippen molar-refractivity contribution in [2.24, 2.45) is 7.05 Å². The van der Waals surface area contributed by atoms with Gasteiger partial charge in [-0.1, -0.05) is 6.07 Å². The van der Waals surface area contributed by atoms with E-state index in [0.717, 1.165) is 5.69 Å². The van der Waals surface area contributed by atoms with Gasteiger partial charge >= 0.3 is 0 Å². The number of methoxy groups -OCH3 is 1. The number of aliphatic hydroxyl groups excluding tert-OH is 1. The number of aryl methyl sites for hydroxylation is 1. The van der Waals surface area contributed by atoms with Crippen molar-refractivity contribution in [1.29, 1.82) is 0 Å². The van der Waals surface area contributed by atoms with Gasteiger partial charge in [-0.3, -0.25) is 4.68 Å². The van der Waals surface area contributed by atoms with Gasteiger partial charge in [0.15, 0.2) is 11.6 Å². The van der Waals surface area contributed by atoms with Gasteiger partial charge in [-0.05, 0) is 23.8 Å². The molecule has 0 saturated carbocycles. The average molecular weight is 250 g/mol. The van der Waals surface area contributed by atoms with E-state index in [2.05, 4.69) is 5.10 Å². The van der Waals surface area contributed by atoms with Crippen LogP contribution in [0.2, 0.25) is 0 Å². The summed E-state index contributed by atoms with van der Waals surface area (Å²) in [6, 6.07) is 6.17. The van der Waals surface area contributed by atoms with Crippen molar-refractivity contribution in [2.75, 3.05) is 7.11 Å². The maximum atomic E-state index is 13.2. The zero-order valence-electron chi connectivity index (χ0n) is 10.3. The fourth-order valence-corrected chi connectivity index (χ4v) is 1.77. The Morgan fingerprint density at radius 2 is 2.22 bits per heavy atom. The second-order valence-corrected chi connectivity index (χ2v) is 4.09. The van der Waals surface area contributed by atoms with Gasteiger partial charge in [0, 0.05) is 19.7 Å². The lowest BCUT2D eigenvalue weighted by atomic mass is 10.0. The fraction of sp³-hybridized carbons (Fsp3) is 0.308. The molecule has 0 fully saturated rings. The lowest BCUT2D eigenvalue weighted by Gasteiger charge is -2.11. The molecular weight excluding hydrogens is 235 g/mol. The summed E-state index contributed by atoms with van der Waals surface area (Å²) in [5.41, 5.74) is 1.40. The molecule has 4 nitrogen and oxygen atoms in total. The van der Waals surface area contributed by atoms with Crippen LogP contribution in [0, 0.1) is 5.82 Å². The number of aromatic nitrogens is 2. The normalized spacial score (nSPS) is 12.4. The third kappa shape index (κ3) is 2.68. The maximum absolute atomic E-state index is 13.2. The van der Waals surface area contributed by atoms with Gasteiger partial charge in [-0.2, -0.15) is 5.10 Å². The summed E-state index contributed by atoms with van der Waals surface area (Å²) >= 11 is 0. The number of rotatable bonds is 4. The number of hydrogen-bond donors (Lipinski definition) is 1. The van der Waals surface area contributed by atoms with E-state index in [1.807, 2.05) is 19.3 Å². The number of halogens is 1.